The summed E-state index contributed by atoms with van der Waals surface area (Å²) in [4.78, 5) is 15.8. The molecule has 0 unspecified atom stereocenters. The van der Waals surface area contributed by atoms with Gasteiger partial charge in [0.15, 0.2) is 5.78 Å². The van der Waals surface area contributed by atoms with Crippen LogP contribution in [0.5, 0.6) is 0 Å². The number of ketones is 1. The van der Waals surface area contributed by atoms with Crippen LogP contribution in [0.4, 0.5) is 5.69 Å². The molecule has 3 nitrogen and oxygen atoms in total. The summed E-state index contributed by atoms with van der Waals surface area (Å²) in [6.07, 6.45) is 0. The van der Waals surface area contributed by atoms with E-state index in [2.05, 4.69) is 11.1 Å². The average molecular weight is 250 g/mol. The van der Waals surface area contributed by atoms with Crippen LogP contribution in [0.15, 0.2) is 47.5 Å². The van der Waals surface area contributed by atoms with Crippen molar-refractivity contribution < 1.29 is 4.79 Å². The third-order valence-corrected chi connectivity index (χ3v) is 3.35. The fraction of sp³-hybridized carbons (Fsp3) is 0.125. The number of carbonyl (C=O) groups excluding carboxylic acids is 1. The lowest BCUT2D eigenvalue weighted by atomic mass is 9.97. The van der Waals surface area contributed by atoms with Crippen molar-refractivity contribution in [3.8, 4) is 11.1 Å². The van der Waals surface area contributed by atoms with Gasteiger partial charge in [0, 0.05) is 18.2 Å². The molecule has 0 fully saturated rings. The molecule has 0 amide bonds. The van der Waals surface area contributed by atoms with Crippen LogP contribution in [0.3, 0.4) is 0 Å². The number of hydrogen-bond donors (Lipinski definition) is 1. The van der Waals surface area contributed by atoms with Crippen LogP contribution in [0.1, 0.15) is 18.1 Å². The first-order chi connectivity index (χ1) is 9.15. The Kier molecular flexibility index (Phi) is 2.67. The predicted octanol–water partition coefficient (Wildman–Crippen LogP) is 2.83. The predicted molar refractivity (Wildman–Crippen MR) is 77.2 cm³/mol. The van der Waals surface area contributed by atoms with Gasteiger partial charge in [-0.05, 0) is 34.9 Å². The van der Waals surface area contributed by atoms with Gasteiger partial charge in [-0.3, -0.25) is 9.79 Å². The highest BCUT2D eigenvalue weighted by molar-refractivity contribution is 6.46. The molecule has 0 saturated carbocycles. The number of carbonyl (C=O) groups is 1. The molecule has 2 aromatic rings. The van der Waals surface area contributed by atoms with Gasteiger partial charge < -0.3 is 5.73 Å². The van der Waals surface area contributed by atoms with E-state index < -0.39 is 0 Å². The number of nitrogens with two attached hydrogens (primary N) is 1. The molecular formula is C16H14N2O. The highest BCUT2D eigenvalue weighted by Gasteiger charge is 2.19. The monoisotopic (exact) mass is 250 g/mol. The Hall–Kier alpha value is -2.42. The third-order valence-electron chi connectivity index (χ3n) is 3.35. The SMILES string of the molecule is CC(=O)C1=NCc2cc(-c3ccc(N)cc3)ccc21. The van der Waals surface area contributed by atoms with E-state index >= 15 is 0 Å². The quantitative estimate of drug-likeness (QED) is 0.833. The number of anilines is 1. The molecule has 94 valence electrons. The minimum atomic E-state index is 0.0268. The van der Waals surface area contributed by atoms with Crippen LogP contribution in [0, 0.1) is 0 Å². The molecule has 0 radical (unpaired) electrons. The number of rotatable bonds is 2. The van der Waals surface area contributed by atoms with Gasteiger partial charge in [0.05, 0.1) is 6.54 Å². The maximum atomic E-state index is 11.5. The van der Waals surface area contributed by atoms with Crippen molar-refractivity contribution >= 4 is 17.2 Å². The van der Waals surface area contributed by atoms with Crippen molar-refractivity contribution in [3.63, 3.8) is 0 Å². The lowest BCUT2D eigenvalue weighted by molar-refractivity contribution is -0.111. The summed E-state index contributed by atoms with van der Waals surface area (Å²) in [5, 5.41) is 0. The highest BCUT2D eigenvalue weighted by Crippen LogP contribution is 2.27. The van der Waals surface area contributed by atoms with Crippen molar-refractivity contribution in [2.24, 2.45) is 4.99 Å². The number of aliphatic imine (C=N–C) groups is 1. The van der Waals surface area contributed by atoms with Gasteiger partial charge in [-0.2, -0.15) is 0 Å². The average Bonchev–Trinajstić information content (AvgIpc) is 2.82. The molecule has 19 heavy (non-hydrogen) atoms. The number of fused-ring (bicyclic) bond motifs is 1. The van der Waals surface area contributed by atoms with Gasteiger partial charge in [0.25, 0.3) is 0 Å². The molecule has 0 atom stereocenters. The summed E-state index contributed by atoms with van der Waals surface area (Å²) in [7, 11) is 0. The molecule has 1 heterocycles. The van der Waals surface area contributed by atoms with Gasteiger partial charge in [0.1, 0.15) is 5.71 Å². The number of hydrogen-bond acceptors (Lipinski definition) is 3. The standard InChI is InChI=1S/C16H14N2O/c1-10(19)16-15-7-4-12(8-13(15)9-18-16)11-2-5-14(17)6-3-11/h2-8H,9,17H2,1H3. The Morgan fingerprint density at radius 2 is 1.79 bits per heavy atom. The fourth-order valence-electron chi connectivity index (χ4n) is 2.36. The third kappa shape index (κ3) is 2.03. The molecule has 1 aliphatic rings. The summed E-state index contributed by atoms with van der Waals surface area (Å²) >= 11 is 0. The van der Waals surface area contributed by atoms with E-state index in [1.165, 1.54) is 0 Å². The first-order valence-electron chi connectivity index (χ1n) is 6.20. The minimum Gasteiger partial charge on any atom is -0.399 e. The van der Waals surface area contributed by atoms with Crippen molar-refractivity contribution in [1.82, 2.24) is 0 Å². The second-order valence-corrected chi connectivity index (χ2v) is 4.71. The lowest BCUT2D eigenvalue weighted by Gasteiger charge is -2.06. The molecule has 2 aromatic carbocycles. The maximum Gasteiger partial charge on any atom is 0.178 e. The fourth-order valence-corrected chi connectivity index (χ4v) is 2.36. The molecular weight excluding hydrogens is 236 g/mol. The van der Waals surface area contributed by atoms with Gasteiger partial charge in [-0.15, -0.1) is 0 Å². The molecule has 0 spiro atoms. The molecule has 0 aromatic heterocycles. The Bertz CT molecular complexity index is 684. The Balaban J connectivity index is 2.01. The van der Waals surface area contributed by atoms with Crippen molar-refractivity contribution in [3.05, 3.63) is 53.6 Å². The summed E-state index contributed by atoms with van der Waals surface area (Å²) in [6, 6.07) is 13.9. The topological polar surface area (TPSA) is 55.5 Å². The number of nitrogens with zero attached hydrogens (tertiary/aromatic N) is 1. The van der Waals surface area contributed by atoms with Crippen LogP contribution in [0.2, 0.25) is 0 Å². The molecule has 3 rings (SSSR count). The zero-order valence-corrected chi connectivity index (χ0v) is 10.7. The van der Waals surface area contributed by atoms with Crippen molar-refractivity contribution in [2.75, 3.05) is 5.73 Å². The first-order valence-corrected chi connectivity index (χ1v) is 6.20. The van der Waals surface area contributed by atoms with Crippen LogP contribution in [0.25, 0.3) is 11.1 Å². The van der Waals surface area contributed by atoms with E-state index in [1.807, 2.05) is 36.4 Å². The summed E-state index contributed by atoms with van der Waals surface area (Å²) < 4.78 is 0. The summed E-state index contributed by atoms with van der Waals surface area (Å²) in [5.41, 5.74) is 11.4. The van der Waals surface area contributed by atoms with E-state index in [0.29, 0.717) is 12.3 Å². The second-order valence-electron chi connectivity index (χ2n) is 4.71. The maximum absolute atomic E-state index is 11.5. The van der Waals surface area contributed by atoms with Gasteiger partial charge in [-0.25, -0.2) is 0 Å². The summed E-state index contributed by atoms with van der Waals surface area (Å²) in [5.74, 6) is 0.0268. The summed E-state index contributed by atoms with van der Waals surface area (Å²) in [6.45, 7) is 2.15. The van der Waals surface area contributed by atoms with E-state index in [0.717, 1.165) is 27.9 Å². The normalized spacial score (nSPS) is 13.0. The molecule has 2 N–H and O–H groups in total. The van der Waals surface area contributed by atoms with E-state index in [1.54, 1.807) is 6.92 Å². The van der Waals surface area contributed by atoms with Gasteiger partial charge in [-0.1, -0.05) is 24.3 Å². The Morgan fingerprint density at radius 1 is 1.11 bits per heavy atom. The van der Waals surface area contributed by atoms with Gasteiger partial charge >= 0.3 is 0 Å². The minimum absolute atomic E-state index is 0.0268. The van der Waals surface area contributed by atoms with E-state index in [4.69, 9.17) is 5.73 Å². The molecule has 1 aliphatic heterocycles. The van der Waals surface area contributed by atoms with Crippen molar-refractivity contribution in [1.29, 1.82) is 0 Å². The molecule has 3 heteroatoms. The number of benzene rings is 2. The van der Waals surface area contributed by atoms with Crippen molar-refractivity contribution in [2.45, 2.75) is 13.5 Å². The number of nitrogen functional groups attached to an aromatic ring is 1. The van der Waals surface area contributed by atoms with Crippen LogP contribution in [-0.4, -0.2) is 11.5 Å². The van der Waals surface area contributed by atoms with E-state index in [9.17, 15) is 4.79 Å². The first kappa shape index (κ1) is 11.7. The lowest BCUT2D eigenvalue weighted by Crippen LogP contribution is -2.08. The molecule has 0 saturated heterocycles. The van der Waals surface area contributed by atoms with Crippen LogP contribution < -0.4 is 5.73 Å². The van der Waals surface area contributed by atoms with E-state index in [-0.39, 0.29) is 5.78 Å². The number of Topliss-reactive ketones (excluding diaryl/α,β-unsaturated/α-hetero) is 1. The largest absolute Gasteiger partial charge is 0.399 e. The zero-order chi connectivity index (χ0) is 13.4. The second kappa shape index (κ2) is 4.35. The Labute approximate surface area is 111 Å². The van der Waals surface area contributed by atoms with Crippen LogP contribution in [-0.2, 0) is 11.3 Å². The zero-order valence-electron chi connectivity index (χ0n) is 10.7. The highest BCUT2D eigenvalue weighted by atomic mass is 16.1. The Morgan fingerprint density at radius 3 is 2.47 bits per heavy atom. The van der Waals surface area contributed by atoms with Gasteiger partial charge in [0.2, 0.25) is 0 Å². The smallest absolute Gasteiger partial charge is 0.178 e. The molecule has 0 aliphatic carbocycles. The van der Waals surface area contributed by atoms with Crippen LogP contribution >= 0.6 is 0 Å². The molecule has 0 bridgehead atoms.